The molecule has 0 saturated carbocycles. The van der Waals surface area contributed by atoms with Crippen LogP contribution in [0, 0.1) is 6.92 Å². The number of anilines is 2. The fourth-order valence-electron chi connectivity index (χ4n) is 3.84. The normalized spacial score (nSPS) is 15.7. The van der Waals surface area contributed by atoms with Crippen molar-refractivity contribution in [3.05, 3.63) is 89.5 Å². The Balaban J connectivity index is 1.58. The summed E-state index contributed by atoms with van der Waals surface area (Å²) in [7, 11) is -2.15. The first-order chi connectivity index (χ1) is 14.3. The monoisotopic (exact) mass is 420 g/mol. The highest BCUT2D eigenvalue weighted by atomic mass is 32.2. The Kier molecular flexibility index (Phi) is 5.12. The minimum atomic E-state index is -3.67. The van der Waals surface area contributed by atoms with Crippen molar-refractivity contribution >= 4 is 27.3 Å². The summed E-state index contributed by atoms with van der Waals surface area (Å²) in [6.45, 7) is 3.95. The standard InChI is InChI=1S/C24H24N2O3S/c1-17-8-14-22(15-9-17)30(28,29)25(3)21-12-10-19(11-13-21)24(27)26-18(2)16-20-6-4-5-7-23(20)26/h4-15,18H,16H2,1-3H3/t18-/m0/s1. The lowest BCUT2D eigenvalue weighted by molar-refractivity contribution is 0.0981. The Bertz CT molecular complexity index is 1190. The van der Waals surface area contributed by atoms with E-state index >= 15 is 0 Å². The van der Waals surface area contributed by atoms with E-state index < -0.39 is 10.0 Å². The lowest BCUT2D eigenvalue weighted by atomic mass is 10.1. The van der Waals surface area contributed by atoms with Crippen molar-refractivity contribution < 1.29 is 13.2 Å². The highest BCUT2D eigenvalue weighted by molar-refractivity contribution is 7.92. The van der Waals surface area contributed by atoms with Crippen molar-refractivity contribution in [2.75, 3.05) is 16.3 Å². The summed E-state index contributed by atoms with van der Waals surface area (Å²) >= 11 is 0. The number of para-hydroxylation sites is 1. The molecule has 5 nitrogen and oxygen atoms in total. The number of benzene rings is 3. The van der Waals surface area contributed by atoms with E-state index in [0.29, 0.717) is 11.3 Å². The average molecular weight is 421 g/mol. The van der Waals surface area contributed by atoms with Gasteiger partial charge in [0.25, 0.3) is 15.9 Å². The summed E-state index contributed by atoms with van der Waals surface area (Å²) in [4.78, 5) is 15.2. The van der Waals surface area contributed by atoms with Gasteiger partial charge in [0.05, 0.1) is 10.6 Å². The van der Waals surface area contributed by atoms with Gasteiger partial charge >= 0.3 is 0 Å². The molecule has 0 radical (unpaired) electrons. The summed E-state index contributed by atoms with van der Waals surface area (Å²) in [5.74, 6) is -0.0805. The van der Waals surface area contributed by atoms with Crippen LogP contribution >= 0.6 is 0 Å². The van der Waals surface area contributed by atoms with Gasteiger partial charge in [-0.3, -0.25) is 9.10 Å². The van der Waals surface area contributed by atoms with E-state index in [2.05, 4.69) is 0 Å². The molecule has 3 aromatic rings. The van der Waals surface area contributed by atoms with Crippen molar-refractivity contribution in [3.8, 4) is 0 Å². The zero-order valence-electron chi connectivity index (χ0n) is 17.2. The number of sulfonamides is 1. The van der Waals surface area contributed by atoms with E-state index in [4.69, 9.17) is 0 Å². The second kappa shape index (κ2) is 7.61. The summed E-state index contributed by atoms with van der Waals surface area (Å²) < 4.78 is 27.0. The van der Waals surface area contributed by atoms with Crippen molar-refractivity contribution in [2.45, 2.75) is 31.2 Å². The maximum Gasteiger partial charge on any atom is 0.264 e. The Morgan fingerprint density at radius 1 is 0.967 bits per heavy atom. The zero-order valence-corrected chi connectivity index (χ0v) is 18.1. The molecule has 0 aliphatic carbocycles. The third kappa shape index (κ3) is 3.48. The van der Waals surface area contributed by atoms with Crippen LogP contribution < -0.4 is 9.21 Å². The van der Waals surface area contributed by atoms with Crippen LogP contribution in [0.5, 0.6) is 0 Å². The quantitative estimate of drug-likeness (QED) is 0.628. The third-order valence-corrected chi connectivity index (χ3v) is 7.38. The molecule has 0 bridgehead atoms. The topological polar surface area (TPSA) is 57.7 Å². The van der Waals surface area contributed by atoms with Crippen molar-refractivity contribution in [2.24, 2.45) is 0 Å². The Morgan fingerprint density at radius 3 is 2.27 bits per heavy atom. The molecule has 1 heterocycles. The van der Waals surface area contributed by atoms with Crippen LogP contribution in [0.1, 0.15) is 28.4 Å². The number of carbonyl (C=O) groups excluding carboxylic acids is 1. The molecule has 0 spiro atoms. The molecular weight excluding hydrogens is 396 g/mol. The van der Waals surface area contributed by atoms with E-state index in [1.165, 1.54) is 16.9 Å². The smallest absolute Gasteiger partial charge is 0.264 e. The molecule has 154 valence electrons. The Labute approximate surface area is 177 Å². The molecule has 30 heavy (non-hydrogen) atoms. The van der Waals surface area contributed by atoms with Crippen LogP contribution in [-0.4, -0.2) is 27.4 Å². The first-order valence-corrected chi connectivity index (χ1v) is 11.3. The molecule has 0 fully saturated rings. The zero-order chi connectivity index (χ0) is 21.5. The van der Waals surface area contributed by atoms with Gasteiger partial charge in [-0.2, -0.15) is 0 Å². The summed E-state index contributed by atoms with van der Waals surface area (Å²) in [5.41, 5.74) is 4.14. The fourth-order valence-corrected chi connectivity index (χ4v) is 5.03. The van der Waals surface area contributed by atoms with Gasteiger partial charge in [-0.1, -0.05) is 35.9 Å². The predicted molar refractivity (Wildman–Crippen MR) is 120 cm³/mol. The van der Waals surface area contributed by atoms with Gasteiger partial charge in [-0.05, 0) is 68.3 Å². The highest BCUT2D eigenvalue weighted by Crippen LogP contribution is 2.33. The van der Waals surface area contributed by atoms with Crippen LogP contribution in [0.25, 0.3) is 0 Å². The lowest BCUT2D eigenvalue weighted by Crippen LogP contribution is -2.35. The van der Waals surface area contributed by atoms with E-state index in [9.17, 15) is 13.2 Å². The van der Waals surface area contributed by atoms with Gasteiger partial charge in [0.15, 0.2) is 0 Å². The number of aryl methyl sites for hydroxylation is 1. The molecular formula is C24H24N2O3S. The van der Waals surface area contributed by atoms with Crippen LogP contribution in [0.4, 0.5) is 11.4 Å². The van der Waals surface area contributed by atoms with Gasteiger partial charge in [-0.25, -0.2) is 8.42 Å². The summed E-state index contributed by atoms with van der Waals surface area (Å²) in [6.07, 6.45) is 0.831. The average Bonchev–Trinajstić information content (AvgIpc) is 3.08. The van der Waals surface area contributed by atoms with Crippen LogP contribution in [-0.2, 0) is 16.4 Å². The number of nitrogens with zero attached hydrogens (tertiary/aromatic N) is 2. The molecule has 1 aliphatic rings. The number of carbonyl (C=O) groups is 1. The number of amides is 1. The maximum absolute atomic E-state index is 13.1. The van der Waals surface area contributed by atoms with Crippen molar-refractivity contribution in [1.29, 1.82) is 0 Å². The molecule has 0 N–H and O–H groups in total. The van der Waals surface area contributed by atoms with Crippen molar-refractivity contribution in [1.82, 2.24) is 0 Å². The Morgan fingerprint density at radius 2 is 1.60 bits per heavy atom. The second-order valence-corrected chi connectivity index (χ2v) is 9.66. The van der Waals surface area contributed by atoms with E-state index in [-0.39, 0.29) is 16.8 Å². The first-order valence-electron chi connectivity index (χ1n) is 9.86. The SMILES string of the molecule is Cc1ccc(S(=O)(=O)N(C)c2ccc(C(=O)N3c4ccccc4C[C@@H]3C)cc2)cc1. The number of rotatable bonds is 4. The van der Waals surface area contributed by atoms with Crippen LogP contribution in [0.3, 0.4) is 0 Å². The molecule has 1 amide bonds. The minimum Gasteiger partial charge on any atom is -0.305 e. The molecule has 1 aliphatic heterocycles. The molecule has 0 saturated heterocycles. The highest BCUT2D eigenvalue weighted by Gasteiger charge is 2.31. The molecule has 1 atom stereocenters. The van der Waals surface area contributed by atoms with Gasteiger partial charge in [0.1, 0.15) is 0 Å². The van der Waals surface area contributed by atoms with E-state index in [1.807, 2.05) is 43.0 Å². The second-order valence-electron chi connectivity index (χ2n) is 7.69. The van der Waals surface area contributed by atoms with Gasteiger partial charge in [0, 0.05) is 24.3 Å². The lowest BCUT2D eigenvalue weighted by Gasteiger charge is -2.23. The summed E-state index contributed by atoms with van der Waals surface area (Å²) in [5, 5.41) is 0. The summed E-state index contributed by atoms with van der Waals surface area (Å²) in [6, 6.07) is 21.5. The van der Waals surface area contributed by atoms with Crippen LogP contribution in [0.15, 0.2) is 77.7 Å². The number of hydrogen-bond acceptors (Lipinski definition) is 3. The molecule has 0 unspecified atom stereocenters. The fraction of sp³-hybridized carbons (Fsp3) is 0.208. The maximum atomic E-state index is 13.1. The third-order valence-electron chi connectivity index (χ3n) is 5.58. The van der Waals surface area contributed by atoms with E-state index in [0.717, 1.165) is 17.7 Å². The van der Waals surface area contributed by atoms with Gasteiger partial charge in [-0.15, -0.1) is 0 Å². The minimum absolute atomic E-state index is 0.0805. The number of fused-ring (bicyclic) bond motifs is 1. The Hall–Kier alpha value is -3.12. The molecule has 3 aromatic carbocycles. The largest absolute Gasteiger partial charge is 0.305 e. The molecule has 4 rings (SSSR count). The first kappa shape index (κ1) is 20.2. The van der Waals surface area contributed by atoms with Crippen molar-refractivity contribution in [3.63, 3.8) is 0 Å². The number of hydrogen-bond donors (Lipinski definition) is 0. The molecule has 6 heteroatoms. The van der Waals surface area contributed by atoms with Gasteiger partial charge < -0.3 is 4.90 Å². The van der Waals surface area contributed by atoms with Gasteiger partial charge in [0.2, 0.25) is 0 Å². The van der Waals surface area contributed by atoms with Crippen LogP contribution in [0.2, 0.25) is 0 Å². The van der Waals surface area contributed by atoms with E-state index in [1.54, 1.807) is 48.5 Å². The molecule has 0 aromatic heterocycles. The predicted octanol–water partition coefficient (Wildman–Crippen LogP) is 4.41.